The highest BCUT2D eigenvalue weighted by Crippen LogP contribution is 2.40. The van der Waals surface area contributed by atoms with E-state index >= 15 is 0 Å². The highest BCUT2D eigenvalue weighted by Gasteiger charge is 2.45. The number of sulfone groups is 1. The number of thiophene rings is 1. The average molecular weight is 409 g/mol. The normalized spacial score (nSPS) is 24.1. The average Bonchev–Trinajstić information content (AvgIpc) is 3.14. The second kappa shape index (κ2) is 7.01. The zero-order valence-corrected chi connectivity index (χ0v) is 17.1. The number of amides is 1. The number of hydrogen-bond donors (Lipinski definition) is 0. The molecule has 4 rings (SSSR count). The Labute approximate surface area is 163 Å². The van der Waals surface area contributed by atoms with Crippen LogP contribution in [-0.4, -0.2) is 66.4 Å². The Kier molecular flexibility index (Phi) is 4.84. The Morgan fingerprint density at radius 1 is 1.22 bits per heavy atom. The van der Waals surface area contributed by atoms with Gasteiger partial charge < -0.3 is 9.80 Å². The van der Waals surface area contributed by atoms with Gasteiger partial charge in [0, 0.05) is 37.8 Å². The lowest BCUT2D eigenvalue weighted by Crippen LogP contribution is -2.48. The number of hydrogen-bond acceptors (Lipinski definition) is 7. The van der Waals surface area contributed by atoms with Crippen LogP contribution in [0.25, 0.3) is 10.2 Å². The minimum Gasteiger partial charge on any atom is -0.355 e. The van der Waals surface area contributed by atoms with Crippen molar-refractivity contribution in [1.82, 2.24) is 14.9 Å². The summed E-state index contributed by atoms with van der Waals surface area (Å²) in [6, 6.07) is 2.01. The molecule has 2 fully saturated rings. The lowest BCUT2D eigenvalue weighted by molar-refractivity contribution is -0.131. The van der Waals surface area contributed by atoms with E-state index in [2.05, 4.69) is 14.9 Å². The van der Waals surface area contributed by atoms with Crippen molar-refractivity contribution in [1.29, 1.82) is 0 Å². The van der Waals surface area contributed by atoms with Crippen LogP contribution in [0.5, 0.6) is 0 Å². The molecule has 146 valence electrons. The molecule has 1 unspecified atom stereocenters. The first-order valence-electron chi connectivity index (χ1n) is 9.29. The van der Waals surface area contributed by atoms with E-state index in [-0.39, 0.29) is 17.2 Å². The summed E-state index contributed by atoms with van der Waals surface area (Å²) in [4.78, 5) is 25.5. The summed E-state index contributed by atoms with van der Waals surface area (Å²) in [5, 5.41) is 2.03. The number of rotatable bonds is 4. The molecule has 1 atom stereocenters. The van der Waals surface area contributed by atoms with E-state index in [0.29, 0.717) is 13.0 Å². The van der Waals surface area contributed by atoms with Crippen LogP contribution in [0.3, 0.4) is 0 Å². The summed E-state index contributed by atoms with van der Waals surface area (Å²) < 4.78 is 24.3. The number of likely N-dealkylation sites (tertiary alicyclic amines) is 1. The van der Waals surface area contributed by atoms with Gasteiger partial charge in [0.2, 0.25) is 5.91 Å². The van der Waals surface area contributed by atoms with Crippen LogP contribution < -0.4 is 4.90 Å². The minimum absolute atomic E-state index is 0.0337. The first-order valence-corrected chi connectivity index (χ1v) is 12.2. The predicted molar refractivity (Wildman–Crippen MR) is 107 cm³/mol. The molecule has 0 aliphatic carbocycles. The molecule has 0 N–H and O–H groups in total. The molecule has 1 spiro atoms. The minimum atomic E-state index is -3.09. The summed E-state index contributed by atoms with van der Waals surface area (Å²) in [6.07, 6.45) is 6.91. The molecule has 7 nitrogen and oxygen atoms in total. The monoisotopic (exact) mass is 408 g/mol. The van der Waals surface area contributed by atoms with Gasteiger partial charge in [0.25, 0.3) is 0 Å². The van der Waals surface area contributed by atoms with Crippen LogP contribution in [0.4, 0.5) is 5.82 Å². The Balaban J connectivity index is 1.55. The Hall–Kier alpha value is -1.74. The van der Waals surface area contributed by atoms with Crippen molar-refractivity contribution in [2.45, 2.75) is 37.6 Å². The molecule has 4 heterocycles. The molecule has 2 aromatic heterocycles. The van der Waals surface area contributed by atoms with Crippen molar-refractivity contribution in [3.05, 3.63) is 17.8 Å². The van der Waals surface area contributed by atoms with Crippen LogP contribution in [0.1, 0.15) is 32.1 Å². The molecular weight excluding hydrogens is 384 g/mol. The van der Waals surface area contributed by atoms with Crippen LogP contribution in [0.15, 0.2) is 17.8 Å². The van der Waals surface area contributed by atoms with Gasteiger partial charge in [-0.3, -0.25) is 4.79 Å². The predicted octanol–water partition coefficient (Wildman–Crippen LogP) is 2.09. The summed E-state index contributed by atoms with van der Waals surface area (Å²) in [5.74, 6) is 1.10. The van der Waals surface area contributed by atoms with Crippen molar-refractivity contribution in [3.8, 4) is 0 Å². The van der Waals surface area contributed by atoms with Crippen molar-refractivity contribution in [2.75, 3.05) is 36.5 Å². The molecular formula is C18H24N4O3S2. The van der Waals surface area contributed by atoms with Crippen molar-refractivity contribution in [3.63, 3.8) is 0 Å². The molecule has 2 aliphatic rings. The van der Waals surface area contributed by atoms with E-state index in [1.54, 1.807) is 17.7 Å². The molecule has 0 aromatic carbocycles. The van der Waals surface area contributed by atoms with Gasteiger partial charge in [-0.25, -0.2) is 18.4 Å². The van der Waals surface area contributed by atoms with Crippen LogP contribution in [0, 0.1) is 0 Å². The summed E-state index contributed by atoms with van der Waals surface area (Å²) in [5.41, 5.74) is 0.757. The number of carbonyl (C=O) groups is 1. The third-order valence-electron chi connectivity index (χ3n) is 5.80. The Bertz CT molecular complexity index is 958. The van der Waals surface area contributed by atoms with Gasteiger partial charge in [0.15, 0.2) is 0 Å². The lowest BCUT2D eigenvalue weighted by Gasteiger charge is -2.38. The number of fused-ring (bicyclic) bond motifs is 1. The molecule has 2 aromatic rings. The van der Waals surface area contributed by atoms with Gasteiger partial charge in [0.1, 0.15) is 22.0 Å². The number of carbonyl (C=O) groups excluding carboxylic acids is 1. The summed E-state index contributed by atoms with van der Waals surface area (Å²) in [6.45, 7) is 2.01. The largest absolute Gasteiger partial charge is 0.355 e. The van der Waals surface area contributed by atoms with Gasteiger partial charge in [-0.1, -0.05) is 0 Å². The SMILES string of the molecule is CS(=O)(=O)CCN1C(=O)CCC12CCCN(c1ncnc3ccsc13)CC2. The quantitative estimate of drug-likeness (QED) is 0.770. The maximum absolute atomic E-state index is 12.5. The number of aromatic nitrogens is 2. The summed E-state index contributed by atoms with van der Waals surface area (Å²) in [7, 11) is -3.09. The fourth-order valence-electron chi connectivity index (χ4n) is 4.40. The Morgan fingerprint density at radius 3 is 2.89 bits per heavy atom. The molecule has 2 aliphatic heterocycles. The first-order chi connectivity index (χ1) is 12.9. The van der Waals surface area contributed by atoms with Gasteiger partial charge in [-0.15, -0.1) is 11.3 Å². The molecule has 9 heteroatoms. The van der Waals surface area contributed by atoms with Crippen molar-refractivity contribution in [2.24, 2.45) is 0 Å². The van der Waals surface area contributed by atoms with E-state index < -0.39 is 9.84 Å². The molecule has 27 heavy (non-hydrogen) atoms. The van der Waals surface area contributed by atoms with Gasteiger partial charge in [-0.05, 0) is 37.1 Å². The molecule has 0 radical (unpaired) electrons. The van der Waals surface area contributed by atoms with Gasteiger partial charge in [-0.2, -0.15) is 0 Å². The van der Waals surface area contributed by atoms with Crippen molar-refractivity contribution >= 4 is 43.1 Å². The van der Waals surface area contributed by atoms with E-state index in [4.69, 9.17) is 0 Å². The highest BCUT2D eigenvalue weighted by atomic mass is 32.2. The first kappa shape index (κ1) is 18.6. The maximum atomic E-state index is 12.5. The summed E-state index contributed by atoms with van der Waals surface area (Å²) >= 11 is 1.65. The van der Waals surface area contributed by atoms with Crippen LogP contribution >= 0.6 is 11.3 Å². The van der Waals surface area contributed by atoms with Gasteiger partial charge >= 0.3 is 0 Å². The fraction of sp³-hybridized carbons (Fsp3) is 0.611. The molecule has 0 saturated carbocycles. The van der Waals surface area contributed by atoms with Crippen LogP contribution in [0.2, 0.25) is 0 Å². The number of anilines is 1. The topological polar surface area (TPSA) is 83.5 Å². The van der Waals surface area contributed by atoms with Crippen LogP contribution in [-0.2, 0) is 14.6 Å². The standard InChI is InChI=1S/C18H24N4O3S2/c1-27(24,25)12-10-22-15(23)3-6-18(22)5-2-8-21(9-7-18)17-16-14(4-11-26-16)19-13-20-17/h4,11,13H,2-3,5-10,12H2,1H3. The highest BCUT2D eigenvalue weighted by molar-refractivity contribution is 7.90. The Morgan fingerprint density at radius 2 is 2.07 bits per heavy atom. The van der Waals surface area contributed by atoms with E-state index in [1.807, 2.05) is 16.3 Å². The lowest BCUT2D eigenvalue weighted by atomic mass is 9.88. The van der Waals surface area contributed by atoms with Crippen molar-refractivity contribution < 1.29 is 13.2 Å². The molecule has 2 saturated heterocycles. The van der Waals surface area contributed by atoms with E-state index in [1.165, 1.54) is 6.26 Å². The van der Waals surface area contributed by atoms with E-state index in [9.17, 15) is 13.2 Å². The molecule has 0 bridgehead atoms. The van der Waals surface area contributed by atoms with E-state index in [0.717, 1.165) is 54.8 Å². The fourth-order valence-corrected chi connectivity index (χ4v) is 5.78. The smallest absolute Gasteiger partial charge is 0.223 e. The number of nitrogens with zero attached hydrogens (tertiary/aromatic N) is 4. The van der Waals surface area contributed by atoms with Gasteiger partial charge in [0.05, 0.1) is 16.0 Å². The third-order valence-corrected chi connectivity index (χ3v) is 7.63. The second-order valence-electron chi connectivity index (χ2n) is 7.57. The maximum Gasteiger partial charge on any atom is 0.223 e. The second-order valence-corrected chi connectivity index (χ2v) is 10.7. The zero-order chi connectivity index (χ0) is 19.1. The molecule has 1 amide bonds. The zero-order valence-electron chi connectivity index (χ0n) is 15.4. The third kappa shape index (κ3) is 3.67.